The summed E-state index contributed by atoms with van der Waals surface area (Å²) in [6, 6.07) is 11.4. The third-order valence-electron chi connectivity index (χ3n) is 3.73. The van der Waals surface area contributed by atoms with Crippen molar-refractivity contribution in [1.29, 1.82) is 0 Å². The Morgan fingerprint density at radius 3 is 2.43 bits per heavy atom. The minimum Gasteiger partial charge on any atom is -0.508 e. The number of hydrogen-bond acceptors (Lipinski definition) is 3. The fourth-order valence-electron chi connectivity index (χ4n) is 2.55. The Morgan fingerprint density at radius 2 is 1.76 bits per heavy atom. The SMILES string of the molecule is COc1cc(C)c(CCCc2ccccc2O)c(OC)c1. The highest BCUT2D eigenvalue weighted by Crippen LogP contribution is 2.30. The van der Waals surface area contributed by atoms with E-state index in [1.807, 2.05) is 30.3 Å². The third-order valence-corrected chi connectivity index (χ3v) is 3.73. The van der Waals surface area contributed by atoms with Crippen LogP contribution in [0.5, 0.6) is 17.2 Å². The molecule has 3 nitrogen and oxygen atoms in total. The molecule has 0 fully saturated rings. The van der Waals surface area contributed by atoms with Crippen LogP contribution in [0.4, 0.5) is 0 Å². The van der Waals surface area contributed by atoms with E-state index in [-0.39, 0.29) is 0 Å². The van der Waals surface area contributed by atoms with E-state index in [0.29, 0.717) is 5.75 Å². The highest BCUT2D eigenvalue weighted by atomic mass is 16.5. The van der Waals surface area contributed by atoms with Crippen molar-refractivity contribution in [3.8, 4) is 17.2 Å². The van der Waals surface area contributed by atoms with Crippen LogP contribution in [0, 0.1) is 6.92 Å². The van der Waals surface area contributed by atoms with Crippen LogP contribution in [0.3, 0.4) is 0 Å². The van der Waals surface area contributed by atoms with E-state index in [2.05, 4.69) is 6.92 Å². The molecule has 1 N–H and O–H groups in total. The Kier molecular flexibility index (Phi) is 5.09. The first-order valence-corrected chi connectivity index (χ1v) is 7.14. The maximum absolute atomic E-state index is 9.79. The summed E-state index contributed by atoms with van der Waals surface area (Å²) in [7, 11) is 3.34. The van der Waals surface area contributed by atoms with Gasteiger partial charge in [0.25, 0.3) is 0 Å². The van der Waals surface area contributed by atoms with Crippen LogP contribution >= 0.6 is 0 Å². The molecule has 21 heavy (non-hydrogen) atoms. The average Bonchev–Trinajstić information content (AvgIpc) is 2.50. The highest BCUT2D eigenvalue weighted by Gasteiger charge is 2.10. The van der Waals surface area contributed by atoms with Gasteiger partial charge in [-0.05, 0) is 55.0 Å². The molecule has 0 aliphatic heterocycles. The zero-order chi connectivity index (χ0) is 15.2. The van der Waals surface area contributed by atoms with Crippen molar-refractivity contribution in [2.45, 2.75) is 26.2 Å². The lowest BCUT2D eigenvalue weighted by Gasteiger charge is -2.14. The van der Waals surface area contributed by atoms with Gasteiger partial charge in [0.1, 0.15) is 17.2 Å². The molecule has 0 heterocycles. The second kappa shape index (κ2) is 7.02. The normalized spacial score (nSPS) is 10.4. The van der Waals surface area contributed by atoms with Crippen molar-refractivity contribution in [2.75, 3.05) is 14.2 Å². The number of ether oxygens (including phenoxy) is 2. The molecule has 0 aliphatic rings. The number of aromatic hydroxyl groups is 1. The second-order valence-corrected chi connectivity index (χ2v) is 5.11. The van der Waals surface area contributed by atoms with Crippen molar-refractivity contribution in [3.63, 3.8) is 0 Å². The lowest BCUT2D eigenvalue weighted by molar-refractivity contribution is 0.390. The summed E-state index contributed by atoms with van der Waals surface area (Å²) < 4.78 is 10.7. The predicted octanol–water partition coefficient (Wildman–Crippen LogP) is 3.89. The maximum Gasteiger partial charge on any atom is 0.126 e. The van der Waals surface area contributed by atoms with Gasteiger partial charge in [0.2, 0.25) is 0 Å². The van der Waals surface area contributed by atoms with Crippen LogP contribution in [0.15, 0.2) is 36.4 Å². The second-order valence-electron chi connectivity index (χ2n) is 5.11. The van der Waals surface area contributed by atoms with Gasteiger partial charge in [0.15, 0.2) is 0 Å². The summed E-state index contributed by atoms with van der Waals surface area (Å²) in [4.78, 5) is 0. The number of para-hydroxylation sites is 1. The molecule has 0 atom stereocenters. The van der Waals surface area contributed by atoms with Crippen molar-refractivity contribution in [3.05, 3.63) is 53.1 Å². The number of hydrogen-bond donors (Lipinski definition) is 1. The fourth-order valence-corrected chi connectivity index (χ4v) is 2.55. The summed E-state index contributed by atoms with van der Waals surface area (Å²) in [5, 5.41) is 9.79. The van der Waals surface area contributed by atoms with E-state index >= 15 is 0 Å². The maximum atomic E-state index is 9.79. The molecule has 0 amide bonds. The predicted molar refractivity (Wildman–Crippen MR) is 84.4 cm³/mol. The minimum atomic E-state index is 0.371. The van der Waals surface area contributed by atoms with Crippen LogP contribution in [0.2, 0.25) is 0 Å². The molecule has 0 spiro atoms. The van der Waals surface area contributed by atoms with Crippen molar-refractivity contribution in [1.82, 2.24) is 0 Å². The van der Waals surface area contributed by atoms with Gasteiger partial charge in [-0.15, -0.1) is 0 Å². The molecule has 0 saturated carbocycles. The standard InChI is InChI=1S/C18H22O3/c1-13-11-15(20-2)12-18(21-3)16(13)9-6-8-14-7-4-5-10-17(14)19/h4-5,7,10-12,19H,6,8-9H2,1-3H3. The van der Waals surface area contributed by atoms with E-state index < -0.39 is 0 Å². The van der Waals surface area contributed by atoms with Crippen LogP contribution in [-0.2, 0) is 12.8 Å². The van der Waals surface area contributed by atoms with Gasteiger partial charge in [-0.2, -0.15) is 0 Å². The quantitative estimate of drug-likeness (QED) is 0.875. The van der Waals surface area contributed by atoms with Crippen LogP contribution in [0.25, 0.3) is 0 Å². The van der Waals surface area contributed by atoms with E-state index in [9.17, 15) is 5.11 Å². The lowest BCUT2D eigenvalue weighted by atomic mass is 9.99. The van der Waals surface area contributed by atoms with E-state index in [0.717, 1.165) is 36.3 Å². The van der Waals surface area contributed by atoms with Gasteiger partial charge < -0.3 is 14.6 Å². The van der Waals surface area contributed by atoms with Crippen molar-refractivity contribution in [2.24, 2.45) is 0 Å². The van der Waals surface area contributed by atoms with Crippen molar-refractivity contribution < 1.29 is 14.6 Å². The lowest BCUT2D eigenvalue weighted by Crippen LogP contribution is -1.99. The van der Waals surface area contributed by atoms with Gasteiger partial charge in [-0.1, -0.05) is 18.2 Å². The molecular formula is C18H22O3. The summed E-state index contributed by atoms with van der Waals surface area (Å²) in [6.07, 6.45) is 2.72. The molecular weight excluding hydrogens is 264 g/mol. The van der Waals surface area contributed by atoms with Crippen LogP contribution in [0.1, 0.15) is 23.1 Å². The first-order chi connectivity index (χ1) is 10.2. The van der Waals surface area contributed by atoms with E-state index in [1.54, 1.807) is 20.3 Å². The van der Waals surface area contributed by atoms with Crippen LogP contribution in [-0.4, -0.2) is 19.3 Å². The Balaban J connectivity index is 2.08. The Bertz CT molecular complexity index is 605. The van der Waals surface area contributed by atoms with Gasteiger partial charge in [-0.25, -0.2) is 0 Å². The monoisotopic (exact) mass is 286 g/mol. The minimum absolute atomic E-state index is 0.371. The molecule has 0 aliphatic carbocycles. The summed E-state index contributed by atoms with van der Waals surface area (Å²) in [5.74, 6) is 2.05. The zero-order valence-electron chi connectivity index (χ0n) is 12.8. The number of rotatable bonds is 6. The van der Waals surface area contributed by atoms with Crippen molar-refractivity contribution >= 4 is 0 Å². The topological polar surface area (TPSA) is 38.7 Å². The average molecular weight is 286 g/mol. The molecule has 0 saturated heterocycles. The summed E-state index contributed by atoms with van der Waals surface area (Å²) in [6.45, 7) is 2.07. The number of methoxy groups -OCH3 is 2. The molecule has 2 rings (SSSR count). The summed E-state index contributed by atoms with van der Waals surface area (Å²) >= 11 is 0. The third kappa shape index (κ3) is 3.69. The largest absolute Gasteiger partial charge is 0.508 e. The van der Waals surface area contributed by atoms with Gasteiger partial charge in [-0.3, -0.25) is 0 Å². The van der Waals surface area contributed by atoms with Gasteiger partial charge in [0.05, 0.1) is 14.2 Å². The number of phenolic OH excluding ortho intramolecular Hbond substituents is 1. The molecule has 2 aromatic carbocycles. The Hall–Kier alpha value is -2.16. The molecule has 0 radical (unpaired) electrons. The zero-order valence-corrected chi connectivity index (χ0v) is 12.8. The first kappa shape index (κ1) is 15.2. The molecule has 112 valence electrons. The van der Waals surface area contributed by atoms with Crippen LogP contribution < -0.4 is 9.47 Å². The molecule has 3 heteroatoms. The van der Waals surface area contributed by atoms with Gasteiger partial charge in [0, 0.05) is 6.07 Å². The van der Waals surface area contributed by atoms with E-state index in [1.165, 1.54) is 11.1 Å². The van der Waals surface area contributed by atoms with E-state index in [4.69, 9.17) is 9.47 Å². The fraction of sp³-hybridized carbons (Fsp3) is 0.333. The highest BCUT2D eigenvalue weighted by molar-refractivity contribution is 5.46. The number of phenols is 1. The number of aryl methyl sites for hydroxylation is 2. The van der Waals surface area contributed by atoms with Gasteiger partial charge >= 0.3 is 0 Å². The molecule has 0 unspecified atom stereocenters. The Labute approximate surface area is 126 Å². The smallest absolute Gasteiger partial charge is 0.126 e. The summed E-state index contributed by atoms with van der Waals surface area (Å²) in [5.41, 5.74) is 3.36. The Morgan fingerprint density at radius 1 is 1.00 bits per heavy atom. The molecule has 2 aromatic rings. The molecule has 0 bridgehead atoms. The number of benzene rings is 2. The first-order valence-electron chi connectivity index (χ1n) is 7.14. The molecule has 0 aromatic heterocycles.